The van der Waals surface area contributed by atoms with E-state index in [4.69, 9.17) is 20.9 Å². The third kappa shape index (κ3) is 4.61. The Kier molecular flexibility index (Phi) is 5.86. The lowest BCUT2D eigenvalue weighted by atomic mass is 10.1. The number of carbonyl (C=O) groups excluding carboxylic acids is 1. The van der Waals surface area contributed by atoms with Crippen LogP contribution in [-0.4, -0.2) is 23.2 Å². The van der Waals surface area contributed by atoms with Crippen molar-refractivity contribution in [2.45, 2.75) is 19.4 Å². The number of amides is 1. The van der Waals surface area contributed by atoms with Crippen molar-refractivity contribution in [1.82, 2.24) is 15.5 Å². The number of carbonyl (C=O) groups is 1. The Bertz CT molecular complexity index is 895. The van der Waals surface area contributed by atoms with Crippen molar-refractivity contribution in [2.75, 3.05) is 7.11 Å². The third-order valence-electron chi connectivity index (χ3n) is 3.81. The molecule has 0 aliphatic rings. The van der Waals surface area contributed by atoms with Crippen molar-refractivity contribution in [3.05, 3.63) is 65.0 Å². The van der Waals surface area contributed by atoms with Crippen LogP contribution in [0.1, 0.15) is 17.9 Å². The predicted octanol–water partition coefficient (Wildman–Crippen LogP) is 3.65. The summed E-state index contributed by atoms with van der Waals surface area (Å²) in [6.07, 6.45) is 0.908. The molecule has 1 amide bonds. The number of nitrogens with zero attached hydrogens (tertiary/aromatic N) is 2. The van der Waals surface area contributed by atoms with Crippen LogP contribution < -0.4 is 10.1 Å². The van der Waals surface area contributed by atoms with Gasteiger partial charge in [0.15, 0.2) is 0 Å². The minimum atomic E-state index is -0.106. The number of ether oxygens (including phenoxy) is 1. The highest BCUT2D eigenvalue weighted by atomic mass is 35.5. The van der Waals surface area contributed by atoms with Crippen LogP contribution in [0.4, 0.5) is 0 Å². The number of halogens is 1. The van der Waals surface area contributed by atoms with Gasteiger partial charge in [0.05, 0.1) is 13.7 Å². The van der Waals surface area contributed by atoms with Crippen LogP contribution in [0.15, 0.2) is 53.1 Å². The van der Waals surface area contributed by atoms with Gasteiger partial charge in [-0.25, -0.2) is 0 Å². The summed E-state index contributed by atoms with van der Waals surface area (Å²) in [5, 5.41) is 7.37. The summed E-state index contributed by atoms with van der Waals surface area (Å²) < 4.78 is 10.4. The molecule has 0 spiro atoms. The molecule has 0 atom stereocenters. The van der Waals surface area contributed by atoms with Crippen LogP contribution in [0.5, 0.6) is 5.75 Å². The Morgan fingerprint density at radius 2 is 2.08 bits per heavy atom. The monoisotopic (exact) mass is 371 g/mol. The van der Waals surface area contributed by atoms with Gasteiger partial charge in [0.1, 0.15) is 5.75 Å². The van der Waals surface area contributed by atoms with Crippen LogP contribution in [0, 0.1) is 0 Å². The number of hydrogen-bond donors (Lipinski definition) is 1. The van der Waals surface area contributed by atoms with E-state index in [2.05, 4.69) is 15.5 Å². The molecule has 0 saturated heterocycles. The van der Waals surface area contributed by atoms with E-state index < -0.39 is 0 Å². The Hall–Kier alpha value is -2.86. The van der Waals surface area contributed by atoms with Gasteiger partial charge in [0.2, 0.25) is 17.6 Å². The van der Waals surface area contributed by atoms with Crippen molar-refractivity contribution < 1.29 is 14.1 Å². The molecule has 0 radical (unpaired) electrons. The third-order valence-corrected chi connectivity index (χ3v) is 4.18. The summed E-state index contributed by atoms with van der Waals surface area (Å²) in [5.74, 6) is 1.39. The van der Waals surface area contributed by atoms with Gasteiger partial charge >= 0.3 is 0 Å². The number of nitrogens with one attached hydrogen (secondary N) is 1. The first-order chi connectivity index (χ1) is 12.7. The largest absolute Gasteiger partial charge is 0.497 e. The lowest BCUT2D eigenvalue weighted by molar-refractivity contribution is -0.121. The van der Waals surface area contributed by atoms with E-state index in [-0.39, 0.29) is 12.5 Å². The maximum Gasteiger partial charge on any atom is 0.246 e. The molecular weight excluding hydrogens is 354 g/mol. The van der Waals surface area contributed by atoms with Crippen molar-refractivity contribution in [1.29, 1.82) is 0 Å². The quantitative estimate of drug-likeness (QED) is 0.686. The number of aryl methyl sites for hydroxylation is 1. The molecule has 3 aromatic rings. The van der Waals surface area contributed by atoms with Gasteiger partial charge in [-0.3, -0.25) is 4.79 Å². The highest BCUT2D eigenvalue weighted by molar-refractivity contribution is 6.31. The number of methoxy groups -OCH3 is 1. The van der Waals surface area contributed by atoms with Gasteiger partial charge in [-0.2, -0.15) is 4.98 Å². The Morgan fingerprint density at radius 3 is 2.88 bits per heavy atom. The second-order valence-corrected chi connectivity index (χ2v) is 6.02. The first-order valence-electron chi connectivity index (χ1n) is 8.13. The van der Waals surface area contributed by atoms with Crippen molar-refractivity contribution in [3.63, 3.8) is 0 Å². The maximum absolute atomic E-state index is 12.0. The molecule has 0 bridgehead atoms. The zero-order valence-electron chi connectivity index (χ0n) is 14.2. The van der Waals surface area contributed by atoms with E-state index >= 15 is 0 Å². The van der Waals surface area contributed by atoms with Gasteiger partial charge in [-0.1, -0.05) is 47.1 Å². The molecule has 3 rings (SSSR count). The molecule has 0 aliphatic carbocycles. The van der Waals surface area contributed by atoms with Crippen LogP contribution in [0.3, 0.4) is 0 Å². The van der Waals surface area contributed by atoms with Crippen molar-refractivity contribution in [3.8, 4) is 17.1 Å². The van der Waals surface area contributed by atoms with Gasteiger partial charge in [0, 0.05) is 17.0 Å². The number of hydrogen-bond acceptors (Lipinski definition) is 5. The summed E-state index contributed by atoms with van der Waals surface area (Å²) in [4.78, 5) is 16.3. The molecule has 7 heteroatoms. The Morgan fingerprint density at radius 1 is 1.23 bits per heavy atom. The minimum absolute atomic E-state index is 0.106. The Labute approximate surface area is 156 Å². The normalized spacial score (nSPS) is 10.5. The highest BCUT2D eigenvalue weighted by Crippen LogP contribution is 2.21. The van der Waals surface area contributed by atoms with E-state index in [9.17, 15) is 4.79 Å². The van der Waals surface area contributed by atoms with Crippen LogP contribution in [-0.2, 0) is 17.8 Å². The lowest BCUT2D eigenvalue weighted by Gasteiger charge is -2.04. The average molecular weight is 372 g/mol. The van der Waals surface area contributed by atoms with Crippen LogP contribution in [0.25, 0.3) is 11.4 Å². The maximum atomic E-state index is 12.0. The summed E-state index contributed by atoms with van der Waals surface area (Å²) in [5.41, 5.74) is 1.73. The number of rotatable bonds is 7. The highest BCUT2D eigenvalue weighted by Gasteiger charge is 2.11. The number of aromatic nitrogens is 2. The molecule has 26 heavy (non-hydrogen) atoms. The summed E-state index contributed by atoms with van der Waals surface area (Å²) >= 11 is 6.09. The topological polar surface area (TPSA) is 77.3 Å². The molecule has 2 aromatic carbocycles. The molecule has 1 aromatic heterocycles. The average Bonchev–Trinajstić information content (AvgIpc) is 3.15. The van der Waals surface area contributed by atoms with Gasteiger partial charge < -0.3 is 14.6 Å². The summed E-state index contributed by atoms with van der Waals surface area (Å²) in [6, 6.07) is 14.8. The van der Waals surface area contributed by atoms with E-state index in [1.807, 2.05) is 48.5 Å². The predicted molar refractivity (Wildman–Crippen MR) is 97.9 cm³/mol. The molecule has 6 nitrogen and oxygen atoms in total. The van der Waals surface area contributed by atoms with E-state index in [1.165, 1.54) is 0 Å². The number of benzene rings is 2. The molecule has 1 heterocycles. The minimum Gasteiger partial charge on any atom is -0.497 e. The summed E-state index contributed by atoms with van der Waals surface area (Å²) in [7, 11) is 1.60. The molecule has 134 valence electrons. The second-order valence-electron chi connectivity index (χ2n) is 5.61. The van der Waals surface area contributed by atoms with Crippen LogP contribution in [0.2, 0.25) is 5.02 Å². The van der Waals surface area contributed by atoms with Crippen molar-refractivity contribution >= 4 is 17.5 Å². The zero-order valence-corrected chi connectivity index (χ0v) is 15.0. The lowest BCUT2D eigenvalue weighted by Crippen LogP contribution is -2.23. The first-order valence-corrected chi connectivity index (χ1v) is 8.50. The fourth-order valence-corrected chi connectivity index (χ4v) is 2.65. The van der Waals surface area contributed by atoms with Crippen LogP contribution >= 0.6 is 11.6 Å². The Balaban J connectivity index is 1.53. The van der Waals surface area contributed by atoms with Gasteiger partial charge in [-0.15, -0.1) is 0 Å². The van der Waals surface area contributed by atoms with E-state index in [0.717, 1.165) is 11.1 Å². The summed E-state index contributed by atoms with van der Waals surface area (Å²) in [6.45, 7) is 0.179. The molecule has 0 aliphatic heterocycles. The van der Waals surface area contributed by atoms with E-state index in [0.29, 0.717) is 35.3 Å². The zero-order chi connectivity index (χ0) is 18.4. The van der Waals surface area contributed by atoms with Gasteiger partial charge in [0.25, 0.3) is 0 Å². The molecule has 1 N–H and O–H groups in total. The SMILES string of the molecule is COc1cccc(-c2noc(CNC(=O)CCc3ccccc3Cl)n2)c1. The fraction of sp³-hybridized carbons (Fsp3) is 0.211. The smallest absolute Gasteiger partial charge is 0.246 e. The first kappa shape index (κ1) is 17.9. The van der Waals surface area contributed by atoms with E-state index in [1.54, 1.807) is 7.11 Å². The van der Waals surface area contributed by atoms with Gasteiger partial charge in [-0.05, 0) is 30.2 Å². The fourth-order valence-electron chi connectivity index (χ4n) is 2.42. The molecule has 0 unspecified atom stereocenters. The molecule has 0 saturated carbocycles. The van der Waals surface area contributed by atoms with Crippen molar-refractivity contribution in [2.24, 2.45) is 0 Å². The molecular formula is C19H18ClN3O3. The second kappa shape index (κ2) is 8.49. The standard InChI is InChI=1S/C19H18ClN3O3/c1-25-15-7-4-6-14(11-15)19-22-18(26-23-19)12-21-17(24)10-9-13-5-2-3-8-16(13)20/h2-8,11H,9-10,12H2,1H3,(H,21,24). The molecule has 0 fully saturated rings.